The molecule has 1 N–H and O–H groups in total. The molecule has 1 amide bonds. The molecule has 1 aliphatic heterocycles. The second-order valence-corrected chi connectivity index (χ2v) is 10.1. The molecule has 3 aromatic rings. The van der Waals surface area contributed by atoms with Crippen molar-refractivity contribution in [1.82, 2.24) is 9.62 Å². The maximum absolute atomic E-state index is 13.5. The molecule has 2 aromatic carbocycles. The third-order valence-electron chi connectivity index (χ3n) is 6.18. The van der Waals surface area contributed by atoms with Crippen LogP contribution < -0.4 is 9.46 Å². The summed E-state index contributed by atoms with van der Waals surface area (Å²) in [6, 6.07) is 9.19. The summed E-state index contributed by atoms with van der Waals surface area (Å²) >= 11 is 0. The predicted octanol–water partition coefficient (Wildman–Crippen LogP) is 3.71. The lowest BCUT2D eigenvalue weighted by Gasteiger charge is -2.26. The van der Waals surface area contributed by atoms with Crippen molar-refractivity contribution in [2.45, 2.75) is 39.1 Å². The number of aryl methyl sites for hydroxylation is 2. The van der Waals surface area contributed by atoms with Crippen molar-refractivity contribution in [3.05, 3.63) is 58.3 Å². The van der Waals surface area contributed by atoms with Crippen LogP contribution in [0.3, 0.4) is 0 Å². The smallest absolute Gasteiger partial charge is 0.290 e. The molecule has 1 aliphatic rings. The molecule has 0 radical (unpaired) electrons. The van der Waals surface area contributed by atoms with Gasteiger partial charge in [-0.3, -0.25) is 4.79 Å². The highest BCUT2D eigenvalue weighted by atomic mass is 32.2. The number of furan rings is 1. The number of ether oxygens (including phenoxy) is 2. The molecule has 0 bridgehead atoms. The van der Waals surface area contributed by atoms with E-state index in [-0.39, 0.29) is 28.7 Å². The molecule has 1 aromatic heterocycles. The van der Waals surface area contributed by atoms with Crippen LogP contribution in [0.1, 0.15) is 39.7 Å². The van der Waals surface area contributed by atoms with Gasteiger partial charge in [-0.25, -0.2) is 13.1 Å². The SMILES string of the molecule is CCOc1ccccc1CNS(=O)(=O)c1c(C)c(C)cc2c(C)c(C(=O)N3CCOCC3)oc12. The highest BCUT2D eigenvalue weighted by Gasteiger charge is 2.30. The maximum atomic E-state index is 13.5. The number of amides is 1. The molecule has 9 heteroatoms. The number of hydrogen-bond donors (Lipinski definition) is 1. The van der Waals surface area contributed by atoms with Gasteiger partial charge >= 0.3 is 0 Å². The van der Waals surface area contributed by atoms with Gasteiger partial charge in [0.05, 0.1) is 19.8 Å². The average Bonchev–Trinajstić information content (AvgIpc) is 3.14. The number of para-hydroxylation sites is 1. The van der Waals surface area contributed by atoms with Gasteiger partial charge in [0, 0.05) is 36.1 Å². The quantitative estimate of drug-likeness (QED) is 0.547. The highest BCUT2D eigenvalue weighted by molar-refractivity contribution is 7.89. The first-order chi connectivity index (χ1) is 16.2. The van der Waals surface area contributed by atoms with E-state index in [1.54, 1.807) is 18.7 Å². The summed E-state index contributed by atoms with van der Waals surface area (Å²) in [7, 11) is -3.97. The van der Waals surface area contributed by atoms with Crippen molar-refractivity contribution in [2.75, 3.05) is 32.9 Å². The van der Waals surface area contributed by atoms with E-state index in [2.05, 4.69) is 4.72 Å². The first-order valence-electron chi connectivity index (χ1n) is 11.3. The Bertz CT molecular complexity index is 1320. The zero-order valence-corrected chi connectivity index (χ0v) is 20.8. The van der Waals surface area contributed by atoms with Gasteiger partial charge in [-0.2, -0.15) is 0 Å². The maximum Gasteiger partial charge on any atom is 0.290 e. The fraction of sp³-hybridized carbons (Fsp3) is 0.400. The van der Waals surface area contributed by atoms with Crippen LogP contribution in [0.5, 0.6) is 5.75 Å². The van der Waals surface area contributed by atoms with Crippen LogP contribution in [0.25, 0.3) is 11.0 Å². The Labute approximate surface area is 199 Å². The number of nitrogens with one attached hydrogen (secondary N) is 1. The van der Waals surface area contributed by atoms with E-state index >= 15 is 0 Å². The van der Waals surface area contributed by atoms with E-state index in [1.165, 1.54) is 0 Å². The number of carbonyl (C=O) groups is 1. The second kappa shape index (κ2) is 9.77. The molecule has 1 saturated heterocycles. The molecule has 0 atom stereocenters. The Morgan fingerprint density at radius 1 is 1.12 bits per heavy atom. The monoisotopic (exact) mass is 486 g/mol. The number of hydrogen-bond acceptors (Lipinski definition) is 6. The molecular formula is C25H30N2O6S. The number of fused-ring (bicyclic) bond motifs is 1. The topological polar surface area (TPSA) is 98.1 Å². The first kappa shape index (κ1) is 24.3. The van der Waals surface area contributed by atoms with E-state index in [1.807, 2.05) is 44.2 Å². The van der Waals surface area contributed by atoms with Crippen LogP contribution in [0.15, 0.2) is 39.6 Å². The summed E-state index contributed by atoms with van der Waals surface area (Å²) in [6.45, 7) is 9.69. The average molecular weight is 487 g/mol. The standard InChI is InChI=1S/C25H30N2O6S/c1-5-32-21-9-7-6-8-19(21)15-26-34(29,30)24-17(3)16(2)14-20-18(4)22(33-23(20)24)25(28)27-10-12-31-13-11-27/h6-9,14,26H,5,10-13,15H2,1-4H3. The van der Waals surface area contributed by atoms with Crippen LogP contribution in [0, 0.1) is 20.8 Å². The Morgan fingerprint density at radius 2 is 1.82 bits per heavy atom. The minimum atomic E-state index is -3.97. The van der Waals surface area contributed by atoms with E-state index in [0.29, 0.717) is 55.2 Å². The summed E-state index contributed by atoms with van der Waals surface area (Å²) in [5.41, 5.74) is 2.94. The van der Waals surface area contributed by atoms with E-state index < -0.39 is 10.0 Å². The minimum Gasteiger partial charge on any atom is -0.494 e. The van der Waals surface area contributed by atoms with E-state index in [4.69, 9.17) is 13.9 Å². The number of carbonyl (C=O) groups excluding carboxylic acids is 1. The lowest BCUT2D eigenvalue weighted by Crippen LogP contribution is -2.40. The summed E-state index contributed by atoms with van der Waals surface area (Å²) in [4.78, 5) is 14.9. The van der Waals surface area contributed by atoms with Gasteiger partial charge in [-0.15, -0.1) is 0 Å². The number of nitrogens with zero attached hydrogens (tertiary/aromatic N) is 1. The van der Waals surface area contributed by atoms with E-state index in [9.17, 15) is 13.2 Å². The van der Waals surface area contributed by atoms with Crippen LogP contribution in [-0.4, -0.2) is 52.1 Å². The van der Waals surface area contributed by atoms with Gasteiger partial charge in [0.2, 0.25) is 10.0 Å². The number of morpholine rings is 1. The largest absolute Gasteiger partial charge is 0.494 e. The van der Waals surface area contributed by atoms with Crippen molar-refractivity contribution >= 4 is 26.9 Å². The molecule has 0 saturated carbocycles. The Balaban J connectivity index is 1.74. The fourth-order valence-electron chi connectivity index (χ4n) is 4.17. The van der Waals surface area contributed by atoms with Crippen LogP contribution in [0.4, 0.5) is 0 Å². The normalized spacial score (nSPS) is 14.5. The molecule has 4 rings (SSSR count). The Kier molecular flexibility index (Phi) is 6.97. The van der Waals surface area contributed by atoms with E-state index in [0.717, 1.165) is 11.1 Å². The predicted molar refractivity (Wildman–Crippen MR) is 129 cm³/mol. The third-order valence-corrected chi connectivity index (χ3v) is 7.73. The lowest BCUT2D eigenvalue weighted by molar-refractivity contribution is 0.0283. The molecule has 0 spiro atoms. The van der Waals surface area contributed by atoms with Crippen LogP contribution in [0.2, 0.25) is 0 Å². The lowest BCUT2D eigenvalue weighted by atomic mass is 10.0. The number of benzene rings is 2. The van der Waals surface area contributed by atoms with Crippen molar-refractivity contribution in [3.63, 3.8) is 0 Å². The number of rotatable bonds is 7. The molecule has 182 valence electrons. The highest BCUT2D eigenvalue weighted by Crippen LogP contribution is 2.35. The van der Waals surface area contributed by atoms with Crippen molar-refractivity contribution < 1.29 is 27.1 Å². The first-order valence-corrected chi connectivity index (χ1v) is 12.8. The summed E-state index contributed by atoms with van der Waals surface area (Å²) in [5.74, 6) is 0.542. The van der Waals surface area contributed by atoms with Gasteiger partial charge in [0.25, 0.3) is 5.91 Å². The van der Waals surface area contributed by atoms with Gasteiger partial charge in [-0.05, 0) is 51.0 Å². The summed E-state index contributed by atoms with van der Waals surface area (Å²) in [5, 5.41) is 0.620. The van der Waals surface area contributed by atoms with Crippen LogP contribution in [-0.2, 0) is 21.3 Å². The zero-order valence-electron chi connectivity index (χ0n) is 19.9. The molecule has 0 aliphatic carbocycles. The molecule has 8 nitrogen and oxygen atoms in total. The fourth-order valence-corrected chi connectivity index (χ4v) is 5.62. The third kappa shape index (κ3) is 4.55. The molecule has 2 heterocycles. The van der Waals surface area contributed by atoms with Gasteiger partial charge in [0.1, 0.15) is 10.6 Å². The van der Waals surface area contributed by atoms with Crippen LogP contribution >= 0.6 is 0 Å². The second-order valence-electron chi connectivity index (χ2n) is 8.35. The molecule has 1 fully saturated rings. The van der Waals surface area contributed by atoms with Gasteiger partial charge < -0.3 is 18.8 Å². The Morgan fingerprint density at radius 3 is 2.53 bits per heavy atom. The zero-order chi connectivity index (χ0) is 24.5. The number of sulfonamides is 1. The molecule has 34 heavy (non-hydrogen) atoms. The Hall–Kier alpha value is -2.88. The van der Waals surface area contributed by atoms with Gasteiger partial charge in [-0.1, -0.05) is 18.2 Å². The summed E-state index contributed by atoms with van der Waals surface area (Å²) < 4.78 is 46.7. The van der Waals surface area contributed by atoms with Crippen molar-refractivity contribution in [1.29, 1.82) is 0 Å². The summed E-state index contributed by atoms with van der Waals surface area (Å²) in [6.07, 6.45) is 0. The minimum absolute atomic E-state index is 0.0560. The van der Waals surface area contributed by atoms with Gasteiger partial charge in [0.15, 0.2) is 11.3 Å². The molecule has 0 unspecified atom stereocenters. The van der Waals surface area contributed by atoms with Crippen molar-refractivity contribution in [3.8, 4) is 5.75 Å². The van der Waals surface area contributed by atoms with Crippen molar-refractivity contribution in [2.24, 2.45) is 0 Å². The molecular weight excluding hydrogens is 456 g/mol.